The number of carbonyl (C=O) groups excluding carboxylic acids is 1. The second-order valence-electron chi connectivity index (χ2n) is 5.89. The third kappa shape index (κ3) is 5.05. The van der Waals surface area contributed by atoms with Crippen molar-refractivity contribution in [3.8, 4) is 0 Å². The zero-order valence-corrected chi connectivity index (χ0v) is 14.4. The number of alkyl halides is 6. The molecule has 0 N–H and O–H groups in total. The molecule has 1 heterocycles. The first kappa shape index (κ1) is 21.3. The van der Waals surface area contributed by atoms with E-state index in [0.717, 1.165) is 0 Å². The van der Waals surface area contributed by atoms with Gasteiger partial charge in [-0.1, -0.05) is 18.2 Å². The summed E-state index contributed by atoms with van der Waals surface area (Å²) in [4.78, 5) is 12.4. The van der Waals surface area contributed by atoms with E-state index in [9.17, 15) is 39.6 Å². The molecular formula is C15H15F6NO4S. The van der Waals surface area contributed by atoms with Gasteiger partial charge in [-0.05, 0) is 25.0 Å². The summed E-state index contributed by atoms with van der Waals surface area (Å²) < 4.78 is 103. The van der Waals surface area contributed by atoms with Gasteiger partial charge in [0.25, 0.3) is 6.10 Å². The van der Waals surface area contributed by atoms with Crippen LogP contribution in [0.1, 0.15) is 12.8 Å². The van der Waals surface area contributed by atoms with Crippen molar-refractivity contribution in [3.63, 3.8) is 0 Å². The first-order valence-corrected chi connectivity index (χ1v) is 9.26. The number of likely N-dealkylation sites (tertiary alicyclic amines) is 1. The van der Waals surface area contributed by atoms with Crippen molar-refractivity contribution in [2.45, 2.75) is 41.4 Å². The van der Waals surface area contributed by atoms with Crippen LogP contribution in [0.5, 0.6) is 0 Å². The van der Waals surface area contributed by atoms with Crippen molar-refractivity contribution < 1.29 is 44.3 Å². The predicted molar refractivity (Wildman–Crippen MR) is 80.6 cm³/mol. The van der Waals surface area contributed by atoms with Crippen molar-refractivity contribution in [3.05, 3.63) is 30.3 Å². The number of amides is 1. The highest BCUT2D eigenvalue weighted by molar-refractivity contribution is 7.92. The van der Waals surface area contributed by atoms with Gasteiger partial charge in [0, 0.05) is 13.1 Å². The molecule has 2 rings (SSSR count). The maximum Gasteiger partial charge on any atom is 0.434 e. The number of piperidine rings is 1. The summed E-state index contributed by atoms with van der Waals surface area (Å²) in [5, 5.41) is -0.898. The van der Waals surface area contributed by atoms with Crippen molar-refractivity contribution in [2.24, 2.45) is 0 Å². The Morgan fingerprint density at radius 1 is 1.00 bits per heavy atom. The smallest absolute Gasteiger partial charge is 0.426 e. The van der Waals surface area contributed by atoms with Crippen LogP contribution in [0.25, 0.3) is 0 Å². The molecule has 0 aliphatic carbocycles. The standard InChI is InChI=1S/C15H15F6NO4S/c16-14(17,18)12(15(19,20)21)26-13(23)22-8-6-11(7-9-22)27(24,25)10-4-2-1-3-5-10/h1-5,11-12H,6-9H2. The second-order valence-corrected chi connectivity index (χ2v) is 8.12. The van der Waals surface area contributed by atoms with Crippen LogP contribution in [0.4, 0.5) is 31.1 Å². The summed E-state index contributed by atoms with van der Waals surface area (Å²) >= 11 is 0. The van der Waals surface area contributed by atoms with Gasteiger partial charge in [-0.3, -0.25) is 0 Å². The lowest BCUT2D eigenvalue weighted by Gasteiger charge is -2.32. The maximum atomic E-state index is 12.5. The molecule has 5 nitrogen and oxygen atoms in total. The Balaban J connectivity index is 2.02. The Morgan fingerprint density at radius 3 is 1.93 bits per heavy atom. The van der Waals surface area contributed by atoms with Crippen LogP contribution < -0.4 is 0 Å². The van der Waals surface area contributed by atoms with Gasteiger partial charge in [0.15, 0.2) is 9.84 Å². The molecule has 1 amide bonds. The molecule has 1 fully saturated rings. The first-order chi connectivity index (χ1) is 12.3. The topological polar surface area (TPSA) is 63.7 Å². The van der Waals surface area contributed by atoms with E-state index < -0.39 is 39.6 Å². The predicted octanol–water partition coefficient (Wildman–Crippen LogP) is 3.55. The molecule has 0 aromatic heterocycles. The molecule has 0 atom stereocenters. The van der Waals surface area contributed by atoms with Crippen LogP contribution >= 0.6 is 0 Å². The van der Waals surface area contributed by atoms with Crippen LogP contribution in [0.2, 0.25) is 0 Å². The molecular weight excluding hydrogens is 404 g/mol. The van der Waals surface area contributed by atoms with E-state index >= 15 is 0 Å². The lowest BCUT2D eigenvalue weighted by Crippen LogP contribution is -2.50. The third-order valence-electron chi connectivity index (χ3n) is 4.02. The van der Waals surface area contributed by atoms with Gasteiger partial charge in [-0.25, -0.2) is 13.2 Å². The average molecular weight is 419 g/mol. The number of halogens is 6. The maximum absolute atomic E-state index is 12.5. The number of hydrogen-bond donors (Lipinski definition) is 0. The summed E-state index contributed by atoms with van der Waals surface area (Å²) in [6, 6.07) is 7.43. The van der Waals surface area contributed by atoms with E-state index in [2.05, 4.69) is 4.74 Å². The lowest BCUT2D eigenvalue weighted by atomic mass is 10.1. The number of rotatable bonds is 3. The SMILES string of the molecule is O=C(OC(C(F)(F)F)C(F)(F)F)N1CCC(S(=O)(=O)c2ccccc2)CC1. The summed E-state index contributed by atoms with van der Waals surface area (Å²) in [6.07, 6.45) is -17.9. The molecule has 1 aliphatic rings. The van der Waals surface area contributed by atoms with Gasteiger partial charge in [0.1, 0.15) is 0 Å². The Labute approximate surface area is 150 Å². The Hall–Kier alpha value is -1.98. The van der Waals surface area contributed by atoms with E-state index in [1.54, 1.807) is 6.07 Å². The van der Waals surface area contributed by atoms with Crippen molar-refractivity contribution in [2.75, 3.05) is 13.1 Å². The fourth-order valence-corrected chi connectivity index (χ4v) is 4.40. The Morgan fingerprint density at radius 2 is 1.48 bits per heavy atom. The number of sulfone groups is 1. The largest absolute Gasteiger partial charge is 0.434 e. The quantitative estimate of drug-likeness (QED) is 0.703. The van der Waals surface area contributed by atoms with Crippen LogP contribution in [0.3, 0.4) is 0 Å². The van der Waals surface area contributed by atoms with Crippen LogP contribution in [-0.4, -0.2) is 56.2 Å². The molecule has 1 aromatic carbocycles. The van der Waals surface area contributed by atoms with Crippen molar-refractivity contribution >= 4 is 15.9 Å². The Bertz CT molecular complexity index is 741. The van der Waals surface area contributed by atoms with Gasteiger partial charge in [0.2, 0.25) is 0 Å². The summed E-state index contributed by atoms with van der Waals surface area (Å²) in [7, 11) is -3.72. The monoisotopic (exact) mass is 419 g/mol. The number of hydrogen-bond acceptors (Lipinski definition) is 4. The van der Waals surface area contributed by atoms with Crippen molar-refractivity contribution in [1.29, 1.82) is 0 Å². The zero-order valence-electron chi connectivity index (χ0n) is 13.6. The molecule has 0 unspecified atom stereocenters. The van der Waals surface area contributed by atoms with Crippen LogP contribution in [0.15, 0.2) is 35.2 Å². The van der Waals surface area contributed by atoms with Gasteiger partial charge < -0.3 is 9.64 Å². The normalized spacial score (nSPS) is 17.2. The minimum atomic E-state index is -5.80. The van der Waals surface area contributed by atoms with Crippen LogP contribution in [-0.2, 0) is 14.6 Å². The average Bonchev–Trinajstić information content (AvgIpc) is 2.58. The van der Waals surface area contributed by atoms with E-state index in [0.29, 0.717) is 4.90 Å². The highest BCUT2D eigenvalue weighted by Gasteiger charge is 2.60. The molecule has 0 spiro atoms. The van der Waals surface area contributed by atoms with Gasteiger partial charge in [-0.2, -0.15) is 26.3 Å². The lowest BCUT2D eigenvalue weighted by molar-refractivity contribution is -0.308. The molecule has 1 aliphatic heterocycles. The van der Waals surface area contributed by atoms with E-state index in [4.69, 9.17) is 0 Å². The molecule has 0 radical (unpaired) electrons. The first-order valence-electron chi connectivity index (χ1n) is 7.71. The highest BCUT2D eigenvalue weighted by Crippen LogP contribution is 2.36. The van der Waals surface area contributed by atoms with E-state index in [1.165, 1.54) is 24.3 Å². The fourth-order valence-electron chi connectivity index (χ4n) is 2.65. The zero-order chi connectivity index (χ0) is 20.5. The van der Waals surface area contributed by atoms with Crippen LogP contribution in [0, 0.1) is 0 Å². The molecule has 0 saturated carbocycles. The summed E-state index contributed by atoms with van der Waals surface area (Å²) in [5.41, 5.74) is 0. The van der Waals surface area contributed by atoms with Gasteiger partial charge in [-0.15, -0.1) is 0 Å². The minimum Gasteiger partial charge on any atom is -0.426 e. The second kappa shape index (κ2) is 7.56. The molecule has 1 saturated heterocycles. The molecule has 152 valence electrons. The number of benzene rings is 1. The molecule has 27 heavy (non-hydrogen) atoms. The fraction of sp³-hybridized carbons (Fsp3) is 0.533. The molecule has 1 aromatic rings. The number of ether oxygens (including phenoxy) is 1. The van der Waals surface area contributed by atoms with Crippen molar-refractivity contribution in [1.82, 2.24) is 4.90 Å². The van der Waals surface area contributed by atoms with E-state index in [1.807, 2.05) is 0 Å². The third-order valence-corrected chi connectivity index (χ3v) is 6.30. The Kier molecular flexibility index (Phi) is 5.97. The number of carbonyl (C=O) groups is 1. The van der Waals surface area contributed by atoms with E-state index in [-0.39, 0.29) is 30.8 Å². The van der Waals surface area contributed by atoms with Gasteiger partial charge in [0.05, 0.1) is 10.1 Å². The minimum absolute atomic E-state index is 0.0558. The molecule has 12 heteroatoms. The highest BCUT2D eigenvalue weighted by atomic mass is 32.2. The van der Waals surface area contributed by atoms with Gasteiger partial charge >= 0.3 is 18.4 Å². The summed E-state index contributed by atoms with van der Waals surface area (Å²) in [6.45, 7) is -0.671. The molecule has 0 bridgehead atoms. The summed E-state index contributed by atoms with van der Waals surface area (Å²) in [5.74, 6) is 0. The number of nitrogens with zero attached hydrogens (tertiary/aromatic N) is 1.